The molecule has 98 valence electrons. The SMILES string of the molecule is CCN1CCCC1CNC(=O)c1ccnc(Br)c1. The second-order valence-electron chi connectivity index (χ2n) is 4.50. The minimum absolute atomic E-state index is 0.0268. The third-order valence-electron chi connectivity index (χ3n) is 3.39. The van der Waals surface area contributed by atoms with E-state index in [9.17, 15) is 4.79 Å². The summed E-state index contributed by atoms with van der Waals surface area (Å²) in [4.78, 5) is 18.4. The predicted octanol–water partition coefficient (Wildman–Crippen LogP) is 2.06. The molecule has 1 aliphatic heterocycles. The minimum Gasteiger partial charge on any atom is -0.350 e. The lowest BCUT2D eigenvalue weighted by atomic mass is 10.2. The van der Waals surface area contributed by atoms with Crippen LogP contribution in [-0.4, -0.2) is 41.5 Å². The summed E-state index contributed by atoms with van der Waals surface area (Å²) in [5, 5.41) is 3.00. The molecule has 2 heterocycles. The van der Waals surface area contributed by atoms with Gasteiger partial charge in [0.2, 0.25) is 0 Å². The number of aromatic nitrogens is 1. The van der Waals surface area contributed by atoms with Gasteiger partial charge in [0, 0.05) is 24.3 Å². The Labute approximate surface area is 116 Å². The molecule has 0 aromatic carbocycles. The zero-order chi connectivity index (χ0) is 13.0. The van der Waals surface area contributed by atoms with Crippen molar-refractivity contribution in [2.24, 2.45) is 0 Å². The molecule has 1 atom stereocenters. The molecule has 1 amide bonds. The van der Waals surface area contributed by atoms with Crippen LogP contribution >= 0.6 is 15.9 Å². The van der Waals surface area contributed by atoms with Crippen molar-refractivity contribution in [3.63, 3.8) is 0 Å². The van der Waals surface area contributed by atoms with Crippen molar-refractivity contribution in [2.75, 3.05) is 19.6 Å². The van der Waals surface area contributed by atoms with Crippen LogP contribution in [0.25, 0.3) is 0 Å². The lowest BCUT2D eigenvalue weighted by molar-refractivity contribution is 0.0941. The van der Waals surface area contributed by atoms with Crippen LogP contribution in [0, 0.1) is 0 Å². The van der Waals surface area contributed by atoms with Crippen LogP contribution in [0.15, 0.2) is 22.9 Å². The van der Waals surface area contributed by atoms with Gasteiger partial charge in [0.1, 0.15) is 4.60 Å². The highest BCUT2D eigenvalue weighted by molar-refractivity contribution is 9.10. The Morgan fingerprint density at radius 2 is 2.50 bits per heavy atom. The average Bonchev–Trinajstić information content (AvgIpc) is 2.83. The minimum atomic E-state index is -0.0268. The topological polar surface area (TPSA) is 45.2 Å². The summed E-state index contributed by atoms with van der Waals surface area (Å²) in [6.07, 6.45) is 4.04. The molecule has 0 saturated carbocycles. The van der Waals surface area contributed by atoms with E-state index in [-0.39, 0.29) is 5.91 Å². The number of nitrogens with one attached hydrogen (secondary N) is 1. The Kier molecular flexibility index (Phi) is 4.72. The molecule has 0 aliphatic carbocycles. The number of likely N-dealkylation sites (tertiary alicyclic amines) is 1. The Morgan fingerprint density at radius 1 is 1.67 bits per heavy atom. The molecule has 1 aromatic rings. The molecule has 2 rings (SSSR count). The summed E-state index contributed by atoms with van der Waals surface area (Å²) in [7, 11) is 0. The fraction of sp³-hybridized carbons (Fsp3) is 0.538. The van der Waals surface area contributed by atoms with Gasteiger partial charge in [-0.05, 0) is 54.0 Å². The van der Waals surface area contributed by atoms with E-state index in [1.807, 2.05) is 0 Å². The third kappa shape index (κ3) is 3.29. The van der Waals surface area contributed by atoms with E-state index in [1.54, 1.807) is 18.3 Å². The standard InChI is InChI=1S/C13H18BrN3O/c1-2-17-7-3-4-11(17)9-16-13(18)10-5-6-15-12(14)8-10/h5-6,8,11H,2-4,7,9H2,1H3,(H,16,18). The van der Waals surface area contributed by atoms with Gasteiger partial charge in [-0.25, -0.2) is 4.98 Å². The first-order chi connectivity index (χ1) is 8.70. The van der Waals surface area contributed by atoms with Gasteiger partial charge in [-0.1, -0.05) is 6.92 Å². The third-order valence-corrected chi connectivity index (χ3v) is 3.83. The molecule has 5 heteroatoms. The monoisotopic (exact) mass is 311 g/mol. The van der Waals surface area contributed by atoms with Gasteiger partial charge < -0.3 is 5.32 Å². The van der Waals surface area contributed by atoms with Crippen LogP contribution in [0.4, 0.5) is 0 Å². The van der Waals surface area contributed by atoms with E-state index in [1.165, 1.54) is 12.8 Å². The van der Waals surface area contributed by atoms with Gasteiger partial charge in [-0.3, -0.25) is 9.69 Å². The van der Waals surface area contributed by atoms with E-state index in [0.717, 1.165) is 19.6 Å². The van der Waals surface area contributed by atoms with Gasteiger partial charge in [-0.2, -0.15) is 0 Å². The summed E-state index contributed by atoms with van der Waals surface area (Å²) in [5.41, 5.74) is 0.651. The van der Waals surface area contributed by atoms with Crippen molar-refractivity contribution in [3.05, 3.63) is 28.5 Å². The first-order valence-corrected chi connectivity index (χ1v) is 7.14. The molecular weight excluding hydrogens is 294 g/mol. The predicted molar refractivity (Wildman–Crippen MR) is 74.5 cm³/mol. The van der Waals surface area contributed by atoms with Crippen LogP contribution in [-0.2, 0) is 0 Å². The molecule has 1 fully saturated rings. The highest BCUT2D eigenvalue weighted by Crippen LogP contribution is 2.15. The van der Waals surface area contributed by atoms with E-state index in [4.69, 9.17) is 0 Å². The van der Waals surface area contributed by atoms with Crippen LogP contribution in [0.2, 0.25) is 0 Å². The highest BCUT2D eigenvalue weighted by Gasteiger charge is 2.23. The summed E-state index contributed by atoms with van der Waals surface area (Å²) in [5.74, 6) is -0.0268. The number of nitrogens with zero attached hydrogens (tertiary/aromatic N) is 2. The number of carbonyl (C=O) groups is 1. The fourth-order valence-corrected chi connectivity index (χ4v) is 2.76. The zero-order valence-corrected chi connectivity index (χ0v) is 12.1. The van der Waals surface area contributed by atoms with Crippen molar-refractivity contribution in [3.8, 4) is 0 Å². The lowest BCUT2D eigenvalue weighted by Crippen LogP contribution is -2.40. The molecule has 1 aliphatic rings. The molecule has 1 unspecified atom stereocenters. The summed E-state index contributed by atoms with van der Waals surface area (Å²) in [6, 6.07) is 3.96. The number of pyridine rings is 1. The van der Waals surface area contributed by atoms with Gasteiger partial charge in [0.25, 0.3) is 5.91 Å². The number of hydrogen-bond donors (Lipinski definition) is 1. The maximum Gasteiger partial charge on any atom is 0.251 e. The quantitative estimate of drug-likeness (QED) is 0.866. The van der Waals surface area contributed by atoms with Crippen molar-refractivity contribution in [1.82, 2.24) is 15.2 Å². The number of carbonyl (C=O) groups excluding carboxylic acids is 1. The maximum atomic E-state index is 12.0. The Balaban J connectivity index is 1.88. The summed E-state index contributed by atoms with van der Waals surface area (Å²) >= 11 is 3.27. The van der Waals surface area contributed by atoms with Gasteiger partial charge in [0.05, 0.1) is 0 Å². The Hall–Kier alpha value is -0.940. The molecule has 0 radical (unpaired) electrons. The summed E-state index contributed by atoms with van der Waals surface area (Å²) in [6.45, 7) is 5.10. The smallest absolute Gasteiger partial charge is 0.251 e. The van der Waals surface area contributed by atoms with Crippen LogP contribution in [0.5, 0.6) is 0 Å². The number of rotatable bonds is 4. The molecule has 1 aromatic heterocycles. The second-order valence-corrected chi connectivity index (χ2v) is 5.31. The molecule has 1 saturated heterocycles. The van der Waals surface area contributed by atoms with E-state index in [0.29, 0.717) is 16.2 Å². The molecule has 1 N–H and O–H groups in total. The second kappa shape index (κ2) is 6.29. The van der Waals surface area contributed by atoms with Crippen molar-refractivity contribution in [2.45, 2.75) is 25.8 Å². The van der Waals surface area contributed by atoms with E-state index >= 15 is 0 Å². The van der Waals surface area contributed by atoms with Crippen molar-refractivity contribution in [1.29, 1.82) is 0 Å². The lowest BCUT2D eigenvalue weighted by Gasteiger charge is -2.22. The Morgan fingerprint density at radius 3 is 3.22 bits per heavy atom. The molecule has 18 heavy (non-hydrogen) atoms. The molecule has 0 bridgehead atoms. The van der Waals surface area contributed by atoms with Gasteiger partial charge in [0.15, 0.2) is 0 Å². The first-order valence-electron chi connectivity index (χ1n) is 6.34. The fourth-order valence-electron chi connectivity index (χ4n) is 2.40. The van der Waals surface area contributed by atoms with Crippen LogP contribution in [0.1, 0.15) is 30.1 Å². The van der Waals surface area contributed by atoms with Crippen LogP contribution < -0.4 is 5.32 Å². The number of halogens is 1. The normalized spacial score (nSPS) is 20.0. The number of hydrogen-bond acceptors (Lipinski definition) is 3. The molecular formula is C13H18BrN3O. The largest absolute Gasteiger partial charge is 0.350 e. The van der Waals surface area contributed by atoms with Gasteiger partial charge in [-0.15, -0.1) is 0 Å². The van der Waals surface area contributed by atoms with Crippen molar-refractivity contribution < 1.29 is 4.79 Å². The molecule has 4 nitrogen and oxygen atoms in total. The zero-order valence-electron chi connectivity index (χ0n) is 10.5. The van der Waals surface area contributed by atoms with Gasteiger partial charge >= 0.3 is 0 Å². The maximum absolute atomic E-state index is 12.0. The summed E-state index contributed by atoms with van der Waals surface area (Å²) < 4.78 is 0.686. The van der Waals surface area contributed by atoms with E-state index in [2.05, 4.69) is 38.1 Å². The van der Waals surface area contributed by atoms with Crippen LogP contribution in [0.3, 0.4) is 0 Å². The first kappa shape index (κ1) is 13.5. The Bertz CT molecular complexity index is 424. The highest BCUT2D eigenvalue weighted by atomic mass is 79.9. The average molecular weight is 312 g/mol. The van der Waals surface area contributed by atoms with E-state index < -0.39 is 0 Å². The molecule has 0 spiro atoms. The number of likely N-dealkylation sites (N-methyl/N-ethyl adjacent to an activating group) is 1. The van der Waals surface area contributed by atoms with Crippen molar-refractivity contribution >= 4 is 21.8 Å². The number of amides is 1.